The molecule has 0 atom stereocenters. The Bertz CT molecular complexity index is 1610. The SMILES string of the molecule is COc1ccc(CN(Cc2cc3c(C)ccc(C)c3[nH]c2=O)Cc2nnnn2Cc2ccc(F)cc2)cc1. The highest BCUT2D eigenvalue weighted by molar-refractivity contribution is 5.85. The summed E-state index contributed by atoms with van der Waals surface area (Å²) in [6.45, 7) is 5.82. The standard InChI is InChI=1S/C29H29FN6O2/c1-19-4-5-20(2)28-26(19)14-23(29(37)31-28)17-35(15-21-8-12-25(38-3)13-9-21)18-27-32-33-34-36(27)16-22-6-10-24(30)11-7-22/h4-14H,15-18H2,1-3H3,(H,31,37). The molecular formula is C29H29FN6O2. The molecule has 0 fully saturated rings. The average Bonchev–Trinajstić information content (AvgIpc) is 3.35. The zero-order chi connectivity index (χ0) is 26.6. The summed E-state index contributed by atoms with van der Waals surface area (Å²) in [6.07, 6.45) is 0. The Morgan fingerprint density at radius 2 is 1.63 bits per heavy atom. The van der Waals surface area contributed by atoms with Gasteiger partial charge in [-0.15, -0.1) is 5.10 Å². The Labute approximate surface area is 219 Å². The lowest BCUT2D eigenvalue weighted by molar-refractivity contribution is 0.236. The van der Waals surface area contributed by atoms with E-state index >= 15 is 0 Å². The molecule has 0 radical (unpaired) electrons. The molecule has 5 rings (SSSR count). The summed E-state index contributed by atoms with van der Waals surface area (Å²) in [7, 11) is 1.64. The fourth-order valence-electron chi connectivity index (χ4n) is 4.56. The number of H-pyrrole nitrogens is 1. The van der Waals surface area contributed by atoms with E-state index in [1.807, 2.05) is 50.2 Å². The van der Waals surface area contributed by atoms with Crippen molar-refractivity contribution in [3.8, 4) is 5.75 Å². The van der Waals surface area contributed by atoms with E-state index < -0.39 is 0 Å². The van der Waals surface area contributed by atoms with Crippen molar-refractivity contribution < 1.29 is 9.13 Å². The number of hydrogen-bond donors (Lipinski definition) is 1. The maximum absolute atomic E-state index is 13.4. The van der Waals surface area contributed by atoms with Crippen LogP contribution in [0.1, 0.15) is 33.6 Å². The zero-order valence-corrected chi connectivity index (χ0v) is 21.6. The van der Waals surface area contributed by atoms with Gasteiger partial charge in [-0.3, -0.25) is 9.69 Å². The number of nitrogens with one attached hydrogen (secondary N) is 1. The van der Waals surface area contributed by atoms with E-state index in [9.17, 15) is 9.18 Å². The number of tetrazole rings is 1. The highest BCUT2D eigenvalue weighted by atomic mass is 19.1. The molecule has 194 valence electrons. The number of ether oxygens (including phenoxy) is 1. The molecular weight excluding hydrogens is 483 g/mol. The fraction of sp³-hybridized carbons (Fsp3) is 0.241. The monoisotopic (exact) mass is 512 g/mol. The van der Waals surface area contributed by atoms with E-state index in [1.165, 1.54) is 12.1 Å². The number of benzene rings is 3. The molecule has 0 saturated heterocycles. The van der Waals surface area contributed by atoms with Gasteiger partial charge in [0.05, 0.1) is 25.7 Å². The summed E-state index contributed by atoms with van der Waals surface area (Å²) in [5.74, 6) is 1.13. The number of hydrogen-bond acceptors (Lipinski definition) is 6. The van der Waals surface area contributed by atoms with Crippen molar-refractivity contribution in [3.63, 3.8) is 0 Å². The van der Waals surface area contributed by atoms with Gasteiger partial charge in [0.1, 0.15) is 11.6 Å². The summed E-state index contributed by atoms with van der Waals surface area (Å²) < 4.78 is 20.4. The molecule has 2 heterocycles. The van der Waals surface area contributed by atoms with Gasteiger partial charge in [-0.25, -0.2) is 9.07 Å². The minimum atomic E-state index is -0.289. The minimum Gasteiger partial charge on any atom is -0.497 e. The van der Waals surface area contributed by atoms with Crippen LogP contribution in [-0.2, 0) is 26.2 Å². The number of aromatic amines is 1. The Kier molecular flexibility index (Phi) is 7.28. The Morgan fingerprint density at radius 3 is 2.37 bits per heavy atom. The van der Waals surface area contributed by atoms with Gasteiger partial charge in [-0.1, -0.05) is 36.4 Å². The predicted molar refractivity (Wildman–Crippen MR) is 143 cm³/mol. The van der Waals surface area contributed by atoms with Crippen LogP contribution in [0.5, 0.6) is 5.75 Å². The van der Waals surface area contributed by atoms with E-state index in [2.05, 4.69) is 31.5 Å². The van der Waals surface area contributed by atoms with E-state index in [0.717, 1.165) is 38.9 Å². The number of fused-ring (bicyclic) bond motifs is 1. The van der Waals surface area contributed by atoms with Crippen molar-refractivity contribution >= 4 is 10.9 Å². The number of methoxy groups -OCH3 is 1. The van der Waals surface area contributed by atoms with Crippen molar-refractivity contribution in [2.24, 2.45) is 0 Å². The Hall–Kier alpha value is -4.37. The highest BCUT2D eigenvalue weighted by Crippen LogP contribution is 2.21. The molecule has 0 spiro atoms. The Morgan fingerprint density at radius 1 is 0.921 bits per heavy atom. The summed E-state index contributed by atoms with van der Waals surface area (Å²) >= 11 is 0. The van der Waals surface area contributed by atoms with Crippen LogP contribution in [0.2, 0.25) is 0 Å². The maximum Gasteiger partial charge on any atom is 0.252 e. The second-order valence-corrected chi connectivity index (χ2v) is 9.48. The van der Waals surface area contributed by atoms with E-state index in [4.69, 9.17) is 4.74 Å². The number of rotatable bonds is 9. The van der Waals surface area contributed by atoms with Gasteiger partial charge in [-0.2, -0.15) is 0 Å². The van der Waals surface area contributed by atoms with Gasteiger partial charge < -0.3 is 9.72 Å². The number of aryl methyl sites for hydroxylation is 2. The molecule has 0 amide bonds. The van der Waals surface area contributed by atoms with Gasteiger partial charge in [0, 0.05) is 24.0 Å². The van der Waals surface area contributed by atoms with Crippen molar-refractivity contribution in [2.45, 2.75) is 40.0 Å². The predicted octanol–water partition coefficient (Wildman–Crippen LogP) is 4.53. The summed E-state index contributed by atoms with van der Waals surface area (Å²) in [5.41, 5.74) is 5.50. The fourth-order valence-corrected chi connectivity index (χ4v) is 4.56. The minimum absolute atomic E-state index is 0.114. The van der Waals surface area contributed by atoms with Crippen LogP contribution < -0.4 is 10.3 Å². The lowest BCUT2D eigenvalue weighted by Crippen LogP contribution is -2.28. The van der Waals surface area contributed by atoms with E-state index in [0.29, 0.717) is 37.6 Å². The molecule has 8 nitrogen and oxygen atoms in total. The number of nitrogens with zero attached hydrogens (tertiary/aromatic N) is 5. The van der Waals surface area contributed by atoms with Crippen LogP contribution in [-0.4, -0.2) is 37.2 Å². The Balaban J connectivity index is 1.46. The lowest BCUT2D eigenvalue weighted by atomic mass is 10.0. The third-order valence-corrected chi connectivity index (χ3v) is 6.70. The van der Waals surface area contributed by atoms with E-state index in [-0.39, 0.29) is 11.4 Å². The molecule has 0 aliphatic heterocycles. The average molecular weight is 513 g/mol. The first-order valence-corrected chi connectivity index (χ1v) is 12.4. The first-order chi connectivity index (χ1) is 18.4. The molecule has 9 heteroatoms. The van der Waals surface area contributed by atoms with Crippen molar-refractivity contribution in [2.75, 3.05) is 7.11 Å². The van der Waals surface area contributed by atoms with E-state index in [1.54, 1.807) is 23.9 Å². The van der Waals surface area contributed by atoms with Crippen LogP contribution in [0.4, 0.5) is 4.39 Å². The van der Waals surface area contributed by atoms with Gasteiger partial charge in [-0.05, 0) is 76.9 Å². The molecule has 0 unspecified atom stereocenters. The third kappa shape index (κ3) is 5.63. The van der Waals surface area contributed by atoms with Crippen LogP contribution in [0.15, 0.2) is 71.5 Å². The van der Waals surface area contributed by atoms with Gasteiger partial charge in [0.2, 0.25) is 0 Å². The molecule has 1 N–H and O–H groups in total. The van der Waals surface area contributed by atoms with Crippen LogP contribution >= 0.6 is 0 Å². The van der Waals surface area contributed by atoms with Gasteiger partial charge in [0.15, 0.2) is 5.82 Å². The first kappa shape index (κ1) is 25.3. The maximum atomic E-state index is 13.4. The topological polar surface area (TPSA) is 88.9 Å². The molecule has 0 aliphatic rings. The first-order valence-electron chi connectivity index (χ1n) is 12.4. The van der Waals surface area contributed by atoms with Crippen LogP contribution in [0.25, 0.3) is 10.9 Å². The number of aromatic nitrogens is 5. The lowest BCUT2D eigenvalue weighted by Gasteiger charge is -2.22. The molecule has 38 heavy (non-hydrogen) atoms. The normalized spacial score (nSPS) is 11.4. The van der Waals surface area contributed by atoms with Crippen molar-refractivity contribution in [3.05, 3.63) is 117 Å². The molecule has 0 aliphatic carbocycles. The quantitative estimate of drug-likeness (QED) is 0.312. The summed E-state index contributed by atoms with van der Waals surface area (Å²) in [5, 5.41) is 13.3. The van der Waals surface area contributed by atoms with Crippen molar-refractivity contribution in [1.29, 1.82) is 0 Å². The smallest absolute Gasteiger partial charge is 0.252 e. The third-order valence-electron chi connectivity index (χ3n) is 6.70. The number of pyridine rings is 1. The number of halogens is 1. The second-order valence-electron chi connectivity index (χ2n) is 9.48. The second kappa shape index (κ2) is 10.9. The summed E-state index contributed by atoms with van der Waals surface area (Å²) in [6, 6.07) is 20.2. The molecule has 0 saturated carbocycles. The largest absolute Gasteiger partial charge is 0.497 e. The van der Waals surface area contributed by atoms with Crippen LogP contribution in [0, 0.1) is 19.7 Å². The molecule has 5 aromatic rings. The molecule has 0 bridgehead atoms. The molecule has 3 aromatic carbocycles. The molecule has 2 aromatic heterocycles. The van der Waals surface area contributed by atoms with Gasteiger partial charge in [0.25, 0.3) is 5.56 Å². The van der Waals surface area contributed by atoms with Crippen molar-refractivity contribution in [1.82, 2.24) is 30.1 Å². The summed E-state index contributed by atoms with van der Waals surface area (Å²) in [4.78, 5) is 18.4. The highest BCUT2D eigenvalue weighted by Gasteiger charge is 2.17. The van der Waals surface area contributed by atoms with Gasteiger partial charge >= 0.3 is 0 Å². The zero-order valence-electron chi connectivity index (χ0n) is 21.6. The van der Waals surface area contributed by atoms with Crippen LogP contribution in [0.3, 0.4) is 0 Å².